The first-order valence-electron chi connectivity index (χ1n) is 4.91. The van der Waals surface area contributed by atoms with Crippen LogP contribution in [0.15, 0.2) is 30.5 Å². The minimum atomic E-state index is 1.03. The Morgan fingerprint density at radius 3 is 2.86 bits per heavy atom. The molecule has 14 heavy (non-hydrogen) atoms. The lowest BCUT2D eigenvalue weighted by atomic mass is 10.1. The molecule has 2 aromatic rings. The Morgan fingerprint density at radius 1 is 1.29 bits per heavy atom. The zero-order chi connectivity index (χ0) is 9.97. The van der Waals surface area contributed by atoms with Crippen LogP contribution in [0.3, 0.4) is 0 Å². The number of pyridine rings is 1. The van der Waals surface area contributed by atoms with Crippen molar-refractivity contribution >= 4 is 16.6 Å². The van der Waals surface area contributed by atoms with Gasteiger partial charge in [-0.15, -0.1) is 0 Å². The van der Waals surface area contributed by atoms with E-state index >= 15 is 0 Å². The van der Waals surface area contributed by atoms with E-state index in [0.29, 0.717) is 0 Å². The smallest absolute Gasteiger partial charge is 0.0754 e. The second-order valence-electron chi connectivity index (χ2n) is 3.28. The molecule has 1 heterocycles. The van der Waals surface area contributed by atoms with Crippen LogP contribution in [0.2, 0.25) is 0 Å². The predicted molar refractivity (Wildman–Crippen MR) is 60.7 cm³/mol. The summed E-state index contributed by atoms with van der Waals surface area (Å²) in [6.45, 7) is 2.16. The number of hydrogen-bond acceptors (Lipinski definition) is 2. The van der Waals surface area contributed by atoms with E-state index < -0.39 is 0 Å². The molecule has 72 valence electrons. The van der Waals surface area contributed by atoms with Gasteiger partial charge in [0.15, 0.2) is 0 Å². The lowest BCUT2D eigenvalue weighted by Gasteiger charge is -2.07. The molecule has 0 bridgehead atoms. The molecular weight excluding hydrogens is 172 g/mol. The molecule has 0 saturated heterocycles. The van der Waals surface area contributed by atoms with E-state index in [2.05, 4.69) is 35.4 Å². The van der Waals surface area contributed by atoms with Crippen LogP contribution in [-0.4, -0.2) is 12.0 Å². The molecule has 0 fully saturated rings. The summed E-state index contributed by atoms with van der Waals surface area (Å²) in [6.07, 6.45) is 2.88. The molecule has 0 aliphatic heterocycles. The van der Waals surface area contributed by atoms with Gasteiger partial charge in [-0.05, 0) is 18.1 Å². The maximum atomic E-state index is 4.42. The van der Waals surface area contributed by atoms with Crippen molar-refractivity contribution in [1.82, 2.24) is 4.98 Å². The standard InChI is InChI=1S/C12H14N2/c1-3-9-5-4-6-10-11(13-2)7-8-14-12(9)10/h4-8H,3H2,1-2H3,(H,13,14). The van der Waals surface area contributed by atoms with Crippen LogP contribution < -0.4 is 5.32 Å². The van der Waals surface area contributed by atoms with Gasteiger partial charge in [0.05, 0.1) is 5.52 Å². The first kappa shape index (κ1) is 9.00. The minimum absolute atomic E-state index is 1.03. The molecule has 0 unspecified atom stereocenters. The molecule has 2 rings (SSSR count). The largest absolute Gasteiger partial charge is 0.388 e. The fraction of sp³-hybridized carbons (Fsp3) is 0.250. The highest BCUT2D eigenvalue weighted by Crippen LogP contribution is 2.23. The van der Waals surface area contributed by atoms with Gasteiger partial charge in [-0.2, -0.15) is 0 Å². The Balaban J connectivity index is 2.77. The Labute approximate surface area is 84.0 Å². The predicted octanol–water partition coefficient (Wildman–Crippen LogP) is 2.84. The van der Waals surface area contributed by atoms with Crippen LogP contribution in [0.1, 0.15) is 12.5 Å². The molecule has 2 nitrogen and oxygen atoms in total. The van der Waals surface area contributed by atoms with Gasteiger partial charge in [-0.25, -0.2) is 0 Å². The number of hydrogen-bond donors (Lipinski definition) is 1. The molecule has 1 aromatic carbocycles. The van der Waals surface area contributed by atoms with Gasteiger partial charge >= 0.3 is 0 Å². The van der Waals surface area contributed by atoms with Gasteiger partial charge in [0.1, 0.15) is 0 Å². The van der Waals surface area contributed by atoms with E-state index in [9.17, 15) is 0 Å². The molecular formula is C12H14N2. The Hall–Kier alpha value is -1.57. The summed E-state index contributed by atoms with van der Waals surface area (Å²) in [5, 5.41) is 4.38. The van der Waals surface area contributed by atoms with Gasteiger partial charge in [0.25, 0.3) is 0 Å². The first-order chi connectivity index (χ1) is 6.86. The van der Waals surface area contributed by atoms with Crippen molar-refractivity contribution < 1.29 is 0 Å². The second kappa shape index (κ2) is 3.66. The monoisotopic (exact) mass is 186 g/mol. The minimum Gasteiger partial charge on any atom is -0.388 e. The molecule has 0 spiro atoms. The van der Waals surface area contributed by atoms with Crippen LogP contribution in [0, 0.1) is 0 Å². The summed E-state index contributed by atoms with van der Waals surface area (Å²) in [4.78, 5) is 4.42. The lowest BCUT2D eigenvalue weighted by molar-refractivity contribution is 1.14. The number of para-hydroxylation sites is 1. The third-order valence-corrected chi connectivity index (χ3v) is 2.50. The molecule has 2 heteroatoms. The molecule has 0 aliphatic carbocycles. The molecule has 0 aliphatic rings. The number of benzene rings is 1. The van der Waals surface area contributed by atoms with Crippen LogP contribution >= 0.6 is 0 Å². The molecule has 0 radical (unpaired) electrons. The van der Waals surface area contributed by atoms with Crippen molar-refractivity contribution in [2.45, 2.75) is 13.3 Å². The molecule has 0 saturated carbocycles. The third-order valence-electron chi connectivity index (χ3n) is 2.50. The Bertz CT molecular complexity index is 406. The van der Waals surface area contributed by atoms with Gasteiger partial charge in [0, 0.05) is 24.3 Å². The van der Waals surface area contributed by atoms with E-state index in [4.69, 9.17) is 0 Å². The highest BCUT2D eigenvalue weighted by atomic mass is 14.8. The summed E-state index contributed by atoms with van der Waals surface area (Å²) >= 11 is 0. The van der Waals surface area contributed by atoms with Crippen molar-refractivity contribution in [2.75, 3.05) is 12.4 Å². The number of aromatic nitrogens is 1. The van der Waals surface area contributed by atoms with Crippen molar-refractivity contribution in [2.24, 2.45) is 0 Å². The number of rotatable bonds is 2. The van der Waals surface area contributed by atoms with Crippen molar-refractivity contribution in [3.63, 3.8) is 0 Å². The van der Waals surface area contributed by atoms with E-state index in [1.54, 1.807) is 0 Å². The Morgan fingerprint density at radius 2 is 2.14 bits per heavy atom. The van der Waals surface area contributed by atoms with Crippen LogP contribution in [0.25, 0.3) is 10.9 Å². The van der Waals surface area contributed by atoms with Gasteiger partial charge < -0.3 is 5.32 Å². The zero-order valence-corrected chi connectivity index (χ0v) is 8.54. The third kappa shape index (κ3) is 1.33. The van der Waals surface area contributed by atoms with Gasteiger partial charge in [-0.3, -0.25) is 4.98 Å². The number of anilines is 1. The summed E-state index contributed by atoms with van der Waals surface area (Å²) in [5.74, 6) is 0. The molecule has 1 aromatic heterocycles. The second-order valence-corrected chi connectivity index (χ2v) is 3.28. The maximum Gasteiger partial charge on any atom is 0.0754 e. The van der Waals surface area contributed by atoms with Crippen LogP contribution in [-0.2, 0) is 6.42 Å². The van der Waals surface area contributed by atoms with E-state index in [1.165, 1.54) is 10.9 Å². The SMILES string of the molecule is CCc1cccc2c(NC)ccnc12. The fourth-order valence-corrected chi connectivity index (χ4v) is 1.74. The van der Waals surface area contributed by atoms with Crippen molar-refractivity contribution in [1.29, 1.82) is 0 Å². The van der Waals surface area contributed by atoms with E-state index in [-0.39, 0.29) is 0 Å². The maximum absolute atomic E-state index is 4.42. The highest BCUT2D eigenvalue weighted by molar-refractivity contribution is 5.92. The topological polar surface area (TPSA) is 24.9 Å². The number of aryl methyl sites for hydroxylation is 1. The van der Waals surface area contributed by atoms with Crippen LogP contribution in [0.5, 0.6) is 0 Å². The molecule has 1 N–H and O–H groups in total. The normalized spacial score (nSPS) is 10.4. The summed E-state index contributed by atoms with van der Waals surface area (Å²) < 4.78 is 0. The highest BCUT2D eigenvalue weighted by Gasteiger charge is 2.02. The van der Waals surface area contributed by atoms with Gasteiger partial charge in [-0.1, -0.05) is 25.1 Å². The summed E-state index contributed by atoms with van der Waals surface area (Å²) in [5.41, 5.74) is 3.56. The summed E-state index contributed by atoms with van der Waals surface area (Å²) in [7, 11) is 1.94. The average molecular weight is 186 g/mol. The van der Waals surface area contributed by atoms with Crippen molar-refractivity contribution in [3.8, 4) is 0 Å². The fourth-order valence-electron chi connectivity index (χ4n) is 1.74. The summed E-state index contributed by atoms with van der Waals surface area (Å²) in [6, 6.07) is 8.33. The quantitative estimate of drug-likeness (QED) is 0.780. The molecule has 0 atom stereocenters. The van der Waals surface area contributed by atoms with E-state index in [0.717, 1.165) is 17.6 Å². The average Bonchev–Trinajstić information content (AvgIpc) is 2.27. The first-order valence-corrected chi connectivity index (χ1v) is 4.91. The van der Waals surface area contributed by atoms with E-state index in [1.807, 2.05) is 19.3 Å². The van der Waals surface area contributed by atoms with Crippen LogP contribution in [0.4, 0.5) is 5.69 Å². The number of nitrogens with zero attached hydrogens (tertiary/aromatic N) is 1. The number of fused-ring (bicyclic) bond motifs is 1. The molecule has 0 amide bonds. The number of nitrogens with one attached hydrogen (secondary N) is 1. The Kier molecular flexibility index (Phi) is 2.35. The van der Waals surface area contributed by atoms with Gasteiger partial charge in [0.2, 0.25) is 0 Å². The van der Waals surface area contributed by atoms with Crippen molar-refractivity contribution in [3.05, 3.63) is 36.0 Å². The zero-order valence-electron chi connectivity index (χ0n) is 8.54. The lowest BCUT2D eigenvalue weighted by Crippen LogP contribution is -1.93.